The molecule has 0 saturated carbocycles. The van der Waals surface area contributed by atoms with Gasteiger partial charge < -0.3 is 21.0 Å². The van der Waals surface area contributed by atoms with Crippen LogP contribution < -0.4 is 0 Å². The molecule has 63 heavy (non-hydrogen) atoms. The van der Waals surface area contributed by atoms with Crippen LogP contribution in [0.3, 0.4) is 0 Å². The number of unbranched alkanes of at least 4 members (excludes halogenated alkanes) is 42. The minimum atomic E-state index is -0.653. The van der Waals surface area contributed by atoms with Gasteiger partial charge in [0.15, 0.2) is 0 Å². The predicted octanol–water partition coefficient (Wildman–Crippen LogP) is 18.7. The molecule has 0 fully saturated rings. The van der Waals surface area contributed by atoms with Gasteiger partial charge in [0.25, 0.3) is 0 Å². The quantitative estimate of drug-likeness (QED) is 0.0413. The van der Waals surface area contributed by atoms with E-state index in [0.29, 0.717) is 19.3 Å². The third-order valence-corrected chi connectivity index (χ3v) is 12.0. The molecule has 3 N–H and O–H groups in total. The summed E-state index contributed by atoms with van der Waals surface area (Å²) in [5.41, 5.74) is 0. The van der Waals surface area contributed by atoms with Crippen LogP contribution in [-0.4, -0.2) is 120 Å². The number of carbonyl (C=O) groups is 3. The Hall–Kier alpha value is 1.86. The Bertz CT molecular complexity index is 753. The summed E-state index contributed by atoms with van der Waals surface area (Å²) in [7, 11) is 0. The van der Waals surface area contributed by atoms with Gasteiger partial charge in [0.1, 0.15) is 0 Å². The summed E-state index contributed by atoms with van der Waals surface area (Å²) in [4.78, 5) is 31.0. The van der Waals surface area contributed by atoms with Crippen molar-refractivity contribution >= 4 is 105 Å². The van der Waals surface area contributed by atoms with Gasteiger partial charge in [-0.05, 0) is 19.3 Å². The maximum absolute atomic E-state index is 10.3. The van der Waals surface area contributed by atoms with Gasteiger partial charge in [-0.3, -0.25) is 14.4 Å². The largest absolute Gasteiger partial charge is 2.00 e. The molecular formula is C54H112BaCaO6Zn. The van der Waals surface area contributed by atoms with Crippen LogP contribution in [0.2, 0.25) is 0 Å². The molecule has 0 radical (unpaired) electrons. The average molecular weight is 1100 g/mol. The van der Waals surface area contributed by atoms with E-state index in [1.807, 2.05) is 0 Å². The first-order valence-corrected chi connectivity index (χ1v) is 27.0. The third kappa shape index (κ3) is 87.5. The maximum Gasteiger partial charge on any atom is 2.00 e. The normalized spacial score (nSPS) is 10.3. The molecule has 0 bridgehead atoms. The van der Waals surface area contributed by atoms with Crippen molar-refractivity contribution in [1.29, 1.82) is 0 Å². The van der Waals surface area contributed by atoms with Crippen molar-refractivity contribution in [3.05, 3.63) is 0 Å². The minimum Gasteiger partial charge on any atom is -1.00 e. The molecule has 0 atom stereocenters. The van der Waals surface area contributed by atoms with Gasteiger partial charge in [-0.2, -0.15) is 0 Å². The van der Waals surface area contributed by atoms with Crippen LogP contribution in [0, 0.1) is 0 Å². The van der Waals surface area contributed by atoms with Crippen molar-refractivity contribution < 1.29 is 54.9 Å². The summed E-state index contributed by atoms with van der Waals surface area (Å²) >= 11 is 0. The topological polar surface area (TPSA) is 112 Å². The van der Waals surface area contributed by atoms with E-state index in [0.717, 1.165) is 38.5 Å². The molecule has 0 aliphatic heterocycles. The molecule has 370 valence electrons. The van der Waals surface area contributed by atoms with Crippen LogP contribution in [0.15, 0.2) is 0 Å². The van der Waals surface area contributed by atoms with Crippen LogP contribution in [0.1, 0.15) is 335 Å². The van der Waals surface area contributed by atoms with Gasteiger partial charge in [0, 0.05) is 38.7 Å². The summed E-state index contributed by atoms with van der Waals surface area (Å²) in [6, 6.07) is 0. The van der Waals surface area contributed by atoms with Crippen molar-refractivity contribution in [3.8, 4) is 0 Å². The Morgan fingerprint density at radius 1 is 0.254 bits per heavy atom. The van der Waals surface area contributed by atoms with Crippen molar-refractivity contribution in [2.75, 3.05) is 0 Å². The van der Waals surface area contributed by atoms with E-state index in [1.165, 1.54) is 250 Å². The van der Waals surface area contributed by atoms with Crippen molar-refractivity contribution in [3.63, 3.8) is 0 Å². The Balaban J connectivity index is -0.0000000864. The molecule has 9 heteroatoms. The molecule has 6 nitrogen and oxygen atoms in total. The van der Waals surface area contributed by atoms with Crippen LogP contribution in [0.5, 0.6) is 0 Å². The van der Waals surface area contributed by atoms with E-state index >= 15 is 0 Å². The summed E-state index contributed by atoms with van der Waals surface area (Å²) in [5.74, 6) is -1.96. The van der Waals surface area contributed by atoms with E-state index in [-0.39, 0.29) is 112 Å². The second-order valence-electron chi connectivity index (χ2n) is 18.3. The first-order valence-electron chi connectivity index (χ1n) is 27.0. The standard InChI is InChI=1S/3C18H36O2.Ba.Ca.Zn.4H/c3*1-2-3-4-5-6-7-8-9-10-11-12-13-14-15-16-17-18(19)20;;;;;;;/h3*2-17H2,1H3,(H,19,20);;;;;;;/q;;;2*+2;;4*-1. The number of carboxylic acid groups (broad SMARTS) is 3. The fraction of sp³-hybridized carbons (Fsp3) is 0.944. The second-order valence-corrected chi connectivity index (χ2v) is 18.3. The van der Waals surface area contributed by atoms with Gasteiger partial charge in [0.05, 0.1) is 0 Å². The Morgan fingerprint density at radius 3 is 0.444 bits per heavy atom. The molecule has 0 amide bonds. The number of rotatable bonds is 48. The second kappa shape index (κ2) is 72.8. The molecule has 0 aromatic rings. The van der Waals surface area contributed by atoms with E-state index in [4.69, 9.17) is 15.3 Å². The van der Waals surface area contributed by atoms with E-state index in [9.17, 15) is 14.4 Å². The van der Waals surface area contributed by atoms with Crippen molar-refractivity contribution in [1.82, 2.24) is 0 Å². The average Bonchev–Trinajstić information content (AvgIpc) is 3.22. The van der Waals surface area contributed by atoms with Gasteiger partial charge in [0.2, 0.25) is 0 Å². The van der Waals surface area contributed by atoms with Crippen LogP contribution >= 0.6 is 0 Å². The Kier molecular flexibility index (Phi) is 88.3. The van der Waals surface area contributed by atoms with E-state index in [1.54, 1.807) is 0 Å². The summed E-state index contributed by atoms with van der Waals surface area (Å²) < 4.78 is 0. The summed E-state index contributed by atoms with van der Waals surface area (Å²) in [6.07, 6.45) is 60.6. The van der Waals surface area contributed by atoms with Gasteiger partial charge >= 0.3 is 105 Å². The Labute approximate surface area is 482 Å². The number of hydrogen-bond acceptors (Lipinski definition) is 3. The first-order chi connectivity index (χ1) is 29.3. The molecule has 0 rings (SSSR count). The van der Waals surface area contributed by atoms with Gasteiger partial charge in [-0.15, -0.1) is 0 Å². The zero-order valence-corrected chi connectivity index (χ0v) is 52.7. The maximum atomic E-state index is 10.3. The summed E-state index contributed by atoms with van der Waals surface area (Å²) in [5, 5.41) is 25.6. The number of hydrogen-bond donors (Lipinski definition) is 3. The monoisotopic (exact) mass is 1100 g/mol. The first kappa shape index (κ1) is 76.4. The number of aliphatic carboxylic acids is 3. The molecule has 0 saturated heterocycles. The zero-order valence-electron chi connectivity index (χ0n) is 47.1. The van der Waals surface area contributed by atoms with Crippen molar-refractivity contribution in [2.24, 2.45) is 0 Å². The fourth-order valence-electron chi connectivity index (χ4n) is 7.94. The van der Waals surface area contributed by atoms with E-state index in [2.05, 4.69) is 20.8 Å². The smallest absolute Gasteiger partial charge is 1.00 e. The SMILES string of the molecule is CCCCCCCCCCCCCCCCCC(=O)O.CCCCCCCCCCCCCCCCCC(=O)O.CCCCCCCCCCCCCCCCCC(=O)O.[Ba+2].[Ca+2].[H-].[H-].[H-].[H-].[Zn]. The third-order valence-electron chi connectivity index (χ3n) is 12.0. The minimum absolute atomic E-state index is 0. The van der Waals surface area contributed by atoms with Crippen LogP contribution in [0.4, 0.5) is 0 Å². The molecule has 0 aliphatic rings. The predicted molar refractivity (Wildman–Crippen MR) is 278 cm³/mol. The van der Waals surface area contributed by atoms with Gasteiger partial charge in [-0.1, -0.05) is 290 Å². The fourth-order valence-corrected chi connectivity index (χ4v) is 7.94. The number of carboxylic acids is 3. The molecule has 0 unspecified atom stereocenters. The van der Waals surface area contributed by atoms with Gasteiger partial charge in [-0.25, -0.2) is 0 Å². The Morgan fingerprint density at radius 2 is 0.349 bits per heavy atom. The van der Waals surface area contributed by atoms with Crippen LogP contribution in [0.25, 0.3) is 0 Å². The molecule has 0 heterocycles. The summed E-state index contributed by atoms with van der Waals surface area (Å²) in [6.45, 7) is 6.81. The zero-order chi connectivity index (χ0) is 44.7. The van der Waals surface area contributed by atoms with E-state index < -0.39 is 17.9 Å². The molecule has 0 aliphatic carbocycles. The molecule has 0 spiro atoms. The molecule has 0 aromatic carbocycles. The van der Waals surface area contributed by atoms with Crippen molar-refractivity contribution in [2.45, 2.75) is 329 Å². The molecule has 0 aromatic heterocycles. The van der Waals surface area contributed by atoms with Crippen LogP contribution in [-0.2, 0) is 33.9 Å². The molecular weight excluding hydrogens is 987 g/mol.